The maximum atomic E-state index is 12.0. The number of hydrogen-bond donors (Lipinski definition) is 1. The number of ether oxygens (including phenoxy) is 1. The van der Waals surface area contributed by atoms with Crippen LogP contribution in [-0.2, 0) is 4.74 Å². The first-order valence-corrected chi connectivity index (χ1v) is 8.48. The van der Waals surface area contributed by atoms with Crippen LogP contribution in [0.2, 0.25) is 0 Å². The molecule has 1 N–H and O–H groups in total. The maximum Gasteiger partial charge on any atom is 0.407 e. The molecule has 0 spiro atoms. The molecule has 0 aromatic heterocycles. The highest BCUT2D eigenvalue weighted by Gasteiger charge is 2.54. The Labute approximate surface area is 122 Å². The fourth-order valence-electron chi connectivity index (χ4n) is 5.61. The summed E-state index contributed by atoms with van der Waals surface area (Å²) in [5.41, 5.74) is 0.303. The van der Waals surface area contributed by atoms with Gasteiger partial charge in [0.05, 0.1) is 0 Å². The van der Waals surface area contributed by atoms with Crippen LogP contribution < -0.4 is 5.32 Å². The van der Waals surface area contributed by atoms with Crippen molar-refractivity contribution < 1.29 is 9.53 Å². The Balaban J connectivity index is 1.70. The summed E-state index contributed by atoms with van der Waals surface area (Å²) in [7, 11) is 0. The maximum absolute atomic E-state index is 12.0. The van der Waals surface area contributed by atoms with E-state index in [2.05, 4.69) is 12.2 Å². The average Bonchev–Trinajstić information content (AvgIpc) is 2.33. The van der Waals surface area contributed by atoms with Crippen LogP contribution in [0.3, 0.4) is 0 Å². The normalized spacial score (nSPS) is 39.9. The third-order valence-corrected chi connectivity index (χ3v) is 5.80. The molecule has 114 valence electrons. The minimum Gasteiger partial charge on any atom is -0.446 e. The van der Waals surface area contributed by atoms with Gasteiger partial charge in [0, 0.05) is 11.5 Å². The lowest BCUT2D eigenvalue weighted by atomic mass is 9.48. The van der Waals surface area contributed by atoms with Crippen molar-refractivity contribution in [2.75, 3.05) is 0 Å². The standard InChI is InChI=1S/C17H29NO2/c1-4-15(20-16(19)18-11(2)3)17-8-12-5-13(9-17)7-14(6-12)10-17/h11-15H,4-10H2,1-3H3,(H,18,19)/t12?,13?,14?,15-,17?/m0/s1. The molecule has 4 aliphatic rings. The van der Waals surface area contributed by atoms with Crippen molar-refractivity contribution in [2.24, 2.45) is 23.2 Å². The Bertz CT molecular complexity index is 342. The van der Waals surface area contributed by atoms with Crippen LogP contribution in [0.15, 0.2) is 0 Å². The molecule has 0 aromatic rings. The first kappa shape index (κ1) is 14.2. The smallest absolute Gasteiger partial charge is 0.407 e. The fraction of sp³-hybridized carbons (Fsp3) is 0.941. The quantitative estimate of drug-likeness (QED) is 0.840. The molecule has 0 heterocycles. The van der Waals surface area contributed by atoms with Crippen molar-refractivity contribution >= 4 is 6.09 Å². The predicted molar refractivity (Wildman–Crippen MR) is 79.4 cm³/mol. The molecule has 3 heteroatoms. The first-order chi connectivity index (χ1) is 9.50. The molecule has 4 rings (SSSR count). The van der Waals surface area contributed by atoms with Crippen molar-refractivity contribution in [2.45, 2.75) is 77.9 Å². The largest absolute Gasteiger partial charge is 0.446 e. The number of alkyl carbamates (subject to hydrolysis) is 1. The molecule has 4 aliphatic carbocycles. The molecule has 1 atom stereocenters. The van der Waals surface area contributed by atoms with E-state index >= 15 is 0 Å². The van der Waals surface area contributed by atoms with E-state index in [1.165, 1.54) is 38.5 Å². The van der Waals surface area contributed by atoms with Gasteiger partial charge < -0.3 is 10.1 Å². The zero-order valence-corrected chi connectivity index (χ0v) is 13.2. The van der Waals surface area contributed by atoms with Crippen molar-refractivity contribution in [3.8, 4) is 0 Å². The lowest BCUT2D eigenvalue weighted by molar-refractivity contribution is -0.122. The second-order valence-electron chi connectivity index (χ2n) is 7.88. The van der Waals surface area contributed by atoms with Gasteiger partial charge >= 0.3 is 6.09 Å². The van der Waals surface area contributed by atoms with Gasteiger partial charge in [0.2, 0.25) is 0 Å². The lowest BCUT2D eigenvalue weighted by Crippen LogP contribution is -2.53. The van der Waals surface area contributed by atoms with Gasteiger partial charge in [-0.3, -0.25) is 0 Å². The summed E-state index contributed by atoms with van der Waals surface area (Å²) in [6.07, 6.45) is 9.07. The van der Waals surface area contributed by atoms with E-state index in [-0.39, 0.29) is 18.2 Å². The molecule has 4 saturated carbocycles. The van der Waals surface area contributed by atoms with E-state index < -0.39 is 0 Å². The predicted octanol–water partition coefficient (Wildman–Crippen LogP) is 4.12. The van der Waals surface area contributed by atoms with Crippen LogP contribution in [0.5, 0.6) is 0 Å². The Kier molecular flexibility index (Phi) is 3.72. The molecule has 4 fully saturated rings. The number of nitrogens with one attached hydrogen (secondary N) is 1. The Morgan fingerprint density at radius 2 is 1.65 bits per heavy atom. The summed E-state index contributed by atoms with van der Waals surface area (Å²) < 4.78 is 5.85. The van der Waals surface area contributed by atoms with Crippen LogP contribution >= 0.6 is 0 Å². The zero-order valence-electron chi connectivity index (χ0n) is 13.2. The molecule has 0 aliphatic heterocycles. The molecule has 3 nitrogen and oxygen atoms in total. The van der Waals surface area contributed by atoms with E-state index in [1.807, 2.05) is 13.8 Å². The van der Waals surface area contributed by atoms with Crippen LogP contribution in [0.25, 0.3) is 0 Å². The van der Waals surface area contributed by atoms with Gasteiger partial charge in [0.1, 0.15) is 6.10 Å². The topological polar surface area (TPSA) is 38.3 Å². The van der Waals surface area contributed by atoms with Gasteiger partial charge in [-0.15, -0.1) is 0 Å². The minimum absolute atomic E-state index is 0.120. The monoisotopic (exact) mass is 279 g/mol. The lowest BCUT2D eigenvalue weighted by Gasteiger charge is -2.58. The minimum atomic E-state index is -0.220. The van der Waals surface area contributed by atoms with Gasteiger partial charge in [-0.2, -0.15) is 0 Å². The molecule has 20 heavy (non-hydrogen) atoms. The van der Waals surface area contributed by atoms with E-state index in [1.54, 1.807) is 0 Å². The van der Waals surface area contributed by atoms with Gasteiger partial charge in [0.25, 0.3) is 0 Å². The van der Waals surface area contributed by atoms with Crippen molar-refractivity contribution in [3.63, 3.8) is 0 Å². The highest BCUT2D eigenvalue weighted by atomic mass is 16.6. The van der Waals surface area contributed by atoms with Crippen LogP contribution in [0, 0.1) is 23.2 Å². The van der Waals surface area contributed by atoms with Crippen LogP contribution in [0.4, 0.5) is 4.79 Å². The van der Waals surface area contributed by atoms with E-state index in [0.717, 1.165) is 24.2 Å². The molecule has 1 amide bonds. The third-order valence-electron chi connectivity index (χ3n) is 5.80. The summed E-state index contributed by atoms with van der Waals surface area (Å²) in [4.78, 5) is 12.0. The molecule has 0 aromatic carbocycles. The van der Waals surface area contributed by atoms with E-state index in [0.29, 0.717) is 5.41 Å². The number of rotatable bonds is 4. The second kappa shape index (κ2) is 5.23. The highest BCUT2D eigenvalue weighted by Crippen LogP contribution is 2.62. The summed E-state index contributed by atoms with van der Waals surface area (Å²) in [6.45, 7) is 6.13. The number of hydrogen-bond acceptors (Lipinski definition) is 2. The summed E-state index contributed by atoms with van der Waals surface area (Å²) in [5, 5.41) is 2.88. The van der Waals surface area contributed by atoms with Gasteiger partial charge in [-0.25, -0.2) is 4.79 Å². The molecular weight excluding hydrogens is 250 g/mol. The first-order valence-electron chi connectivity index (χ1n) is 8.48. The molecule has 0 saturated heterocycles. The Hall–Kier alpha value is -0.730. The third kappa shape index (κ3) is 2.56. The fourth-order valence-corrected chi connectivity index (χ4v) is 5.61. The van der Waals surface area contributed by atoms with E-state index in [4.69, 9.17) is 4.74 Å². The Morgan fingerprint density at radius 3 is 2.05 bits per heavy atom. The molecular formula is C17H29NO2. The van der Waals surface area contributed by atoms with Crippen molar-refractivity contribution in [1.82, 2.24) is 5.32 Å². The SMILES string of the molecule is CC[C@H](OC(=O)NC(C)C)C12CC3CC(CC(C3)C1)C2. The number of carbonyl (C=O) groups is 1. The molecule has 4 bridgehead atoms. The Morgan fingerprint density at radius 1 is 1.15 bits per heavy atom. The summed E-state index contributed by atoms with van der Waals surface area (Å²) >= 11 is 0. The van der Waals surface area contributed by atoms with Crippen molar-refractivity contribution in [3.05, 3.63) is 0 Å². The molecule has 0 radical (unpaired) electrons. The summed E-state index contributed by atoms with van der Waals surface area (Å²) in [5.74, 6) is 2.73. The second-order valence-corrected chi connectivity index (χ2v) is 7.88. The summed E-state index contributed by atoms with van der Waals surface area (Å²) in [6, 6.07) is 0.149. The van der Waals surface area contributed by atoms with Gasteiger partial charge in [-0.05, 0) is 76.5 Å². The van der Waals surface area contributed by atoms with Gasteiger partial charge in [-0.1, -0.05) is 6.92 Å². The average molecular weight is 279 g/mol. The zero-order chi connectivity index (χ0) is 14.3. The van der Waals surface area contributed by atoms with E-state index in [9.17, 15) is 4.79 Å². The van der Waals surface area contributed by atoms with Gasteiger partial charge in [0.15, 0.2) is 0 Å². The van der Waals surface area contributed by atoms with Crippen LogP contribution in [0.1, 0.15) is 65.7 Å². The number of carbonyl (C=O) groups excluding carboxylic acids is 1. The highest BCUT2D eigenvalue weighted by molar-refractivity contribution is 5.67. The van der Waals surface area contributed by atoms with Crippen LogP contribution in [-0.4, -0.2) is 18.2 Å². The molecule has 0 unspecified atom stereocenters. The van der Waals surface area contributed by atoms with Crippen molar-refractivity contribution in [1.29, 1.82) is 0 Å². The number of amides is 1.